The lowest BCUT2D eigenvalue weighted by Gasteiger charge is -2.25. The zero-order valence-corrected chi connectivity index (χ0v) is 13.6. The number of carboxylic acids is 1. The third kappa shape index (κ3) is 3.81. The molecule has 126 valence electrons. The second kappa shape index (κ2) is 6.18. The molecular formula is C17H22FNO4. The standard InChI is InChI=1S/C17H22FNO4/c1-16(2,3)23-15(22)19-11-6-7-12(13(18)10-11)17(14(20)21)8-4-5-9-17/h6-7,10H,4-5,8-9H2,1-3H3,(H,19,22)(H,20,21). The summed E-state index contributed by atoms with van der Waals surface area (Å²) in [5, 5.41) is 12.0. The van der Waals surface area contributed by atoms with Crippen molar-refractivity contribution in [2.24, 2.45) is 0 Å². The predicted molar refractivity (Wildman–Crippen MR) is 84.0 cm³/mol. The van der Waals surface area contributed by atoms with Gasteiger partial charge in [0.15, 0.2) is 0 Å². The van der Waals surface area contributed by atoms with Gasteiger partial charge in [-0.3, -0.25) is 10.1 Å². The smallest absolute Gasteiger partial charge is 0.412 e. The Kier molecular flexibility index (Phi) is 4.63. The number of ether oxygens (including phenoxy) is 1. The van der Waals surface area contributed by atoms with Crippen LogP contribution in [-0.2, 0) is 14.9 Å². The number of hydrogen-bond acceptors (Lipinski definition) is 3. The van der Waals surface area contributed by atoms with Crippen molar-refractivity contribution in [2.75, 3.05) is 5.32 Å². The summed E-state index contributed by atoms with van der Waals surface area (Å²) < 4.78 is 19.5. The van der Waals surface area contributed by atoms with Gasteiger partial charge in [0.25, 0.3) is 0 Å². The fourth-order valence-corrected chi connectivity index (χ4v) is 2.98. The van der Waals surface area contributed by atoms with E-state index in [2.05, 4.69) is 5.32 Å². The number of amides is 1. The molecule has 1 saturated carbocycles. The molecule has 0 unspecified atom stereocenters. The molecule has 0 radical (unpaired) electrons. The average molecular weight is 323 g/mol. The zero-order valence-electron chi connectivity index (χ0n) is 13.6. The van der Waals surface area contributed by atoms with Gasteiger partial charge in [-0.2, -0.15) is 0 Å². The van der Waals surface area contributed by atoms with E-state index in [-0.39, 0.29) is 11.3 Å². The molecule has 1 amide bonds. The maximum Gasteiger partial charge on any atom is 0.412 e. The Morgan fingerprint density at radius 2 is 1.87 bits per heavy atom. The Bertz CT molecular complexity index is 616. The molecule has 0 aliphatic heterocycles. The van der Waals surface area contributed by atoms with Crippen molar-refractivity contribution in [2.45, 2.75) is 57.5 Å². The van der Waals surface area contributed by atoms with E-state index in [0.717, 1.165) is 18.9 Å². The molecule has 0 aromatic heterocycles. The van der Waals surface area contributed by atoms with Gasteiger partial charge in [0.2, 0.25) is 0 Å². The largest absolute Gasteiger partial charge is 0.481 e. The summed E-state index contributed by atoms with van der Waals surface area (Å²) in [5.74, 6) is -1.62. The van der Waals surface area contributed by atoms with E-state index in [9.17, 15) is 19.1 Å². The van der Waals surface area contributed by atoms with E-state index in [1.165, 1.54) is 12.1 Å². The van der Waals surface area contributed by atoms with Crippen LogP contribution < -0.4 is 5.32 Å². The van der Waals surface area contributed by atoms with E-state index in [1.807, 2.05) is 0 Å². The Balaban J connectivity index is 2.21. The fourth-order valence-electron chi connectivity index (χ4n) is 2.98. The van der Waals surface area contributed by atoms with Crippen LogP contribution in [0.25, 0.3) is 0 Å². The Morgan fingerprint density at radius 1 is 1.26 bits per heavy atom. The maximum atomic E-state index is 14.4. The summed E-state index contributed by atoms with van der Waals surface area (Å²) in [6.07, 6.45) is 1.71. The molecule has 5 nitrogen and oxygen atoms in total. The third-order valence-electron chi connectivity index (χ3n) is 4.00. The number of aliphatic carboxylic acids is 1. The number of hydrogen-bond donors (Lipinski definition) is 2. The van der Waals surface area contributed by atoms with Gasteiger partial charge in [0.05, 0.1) is 5.41 Å². The molecule has 0 spiro atoms. The molecule has 1 aromatic carbocycles. The van der Waals surface area contributed by atoms with Gasteiger partial charge in [0.1, 0.15) is 11.4 Å². The lowest BCUT2D eigenvalue weighted by molar-refractivity contribution is -0.143. The lowest BCUT2D eigenvalue weighted by atomic mass is 9.78. The molecule has 6 heteroatoms. The minimum Gasteiger partial charge on any atom is -0.481 e. The molecule has 2 rings (SSSR count). The van der Waals surface area contributed by atoms with Crippen LogP contribution in [-0.4, -0.2) is 22.8 Å². The molecule has 0 saturated heterocycles. The summed E-state index contributed by atoms with van der Waals surface area (Å²) >= 11 is 0. The summed E-state index contributed by atoms with van der Waals surface area (Å²) in [6, 6.07) is 4.09. The van der Waals surface area contributed by atoms with Gasteiger partial charge in [0, 0.05) is 11.3 Å². The predicted octanol–water partition coefficient (Wildman–Crippen LogP) is 4.07. The van der Waals surface area contributed by atoms with Gasteiger partial charge in [-0.1, -0.05) is 18.9 Å². The minimum absolute atomic E-state index is 0.178. The summed E-state index contributed by atoms with van der Waals surface area (Å²) in [5.41, 5.74) is -1.40. The van der Waals surface area contributed by atoms with Crippen LogP contribution in [0.3, 0.4) is 0 Å². The van der Waals surface area contributed by atoms with Crippen molar-refractivity contribution in [3.63, 3.8) is 0 Å². The van der Waals surface area contributed by atoms with Crippen LogP contribution in [0.4, 0.5) is 14.9 Å². The van der Waals surface area contributed by atoms with E-state index < -0.39 is 28.9 Å². The first-order valence-electron chi connectivity index (χ1n) is 7.67. The normalized spacial score (nSPS) is 16.9. The first kappa shape index (κ1) is 17.2. The highest BCUT2D eigenvalue weighted by atomic mass is 19.1. The zero-order chi connectivity index (χ0) is 17.3. The topological polar surface area (TPSA) is 75.6 Å². The molecule has 1 aromatic rings. The number of anilines is 1. The second-order valence-electron chi connectivity index (χ2n) is 6.92. The quantitative estimate of drug-likeness (QED) is 0.879. The van der Waals surface area contributed by atoms with Crippen molar-refractivity contribution >= 4 is 17.7 Å². The Morgan fingerprint density at radius 3 is 2.35 bits per heavy atom. The highest BCUT2D eigenvalue weighted by molar-refractivity contribution is 5.86. The van der Waals surface area contributed by atoms with Gasteiger partial charge in [-0.15, -0.1) is 0 Å². The number of nitrogens with one attached hydrogen (secondary N) is 1. The molecule has 0 atom stereocenters. The van der Waals surface area contributed by atoms with Gasteiger partial charge < -0.3 is 9.84 Å². The van der Waals surface area contributed by atoms with Crippen LogP contribution in [0.2, 0.25) is 0 Å². The van der Waals surface area contributed by atoms with Crippen LogP contribution in [0.5, 0.6) is 0 Å². The summed E-state index contributed by atoms with van der Waals surface area (Å²) in [4.78, 5) is 23.3. The van der Waals surface area contributed by atoms with Crippen molar-refractivity contribution < 1.29 is 23.8 Å². The third-order valence-corrected chi connectivity index (χ3v) is 4.00. The first-order chi connectivity index (χ1) is 10.6. The number of benzene rings is 1. The lowest BCUT2D eigenvalue weighted by Crippen LogP contribution is -2.33. The maximum absolute atomic E-state index is 14.4. The fraction of sp³-hybridized carbons (Fsp3) is 0.529. The average Bonchev–Trinajstić information content (AvgIpc) is 2.86. The SMILES string of the molecule is CC(C)(C)OC(=O)Nc1ccc(C2(C(=O)O)CCCC2)c(F)c1. The molecular weight excluding hydrogens is 301 g/mol. The molecule has 0 bridgehead atoms. The Labute approximate surface area is 134 Å². The number of carbonyl (C=O) groups excluding carboxylic acids is 1. The molecule has 2 N–H and O–H groups in total. The van der Waals surface area contributed by atoms with Crippen LogP contribution >= 0.6 is 0 Å². The molecule has 0 heterocycles. The van der Waals surface area contributed by atoms with Crippen LogP contribution in [0.15, 0.2) is 18.2 Å². The van der Waals surface area contributed by atoms with Crippen LogP contribution in [0.1, 0.15) is 52.0 Å². The van der Waals surface area contributed by atoms with Crippen LogP contribution in [0, 0.1) is 5.82 Å². The van der Waals surface area contributed by atoms with Gasteiger partial charge >= 0.3 is 12.1 Å². The highest BCUT2D eigenvalue weighted by Crippen LogP contribution is 2.42. The number of halogens is 1. The van der Waals surface area contributed by atoms with E-state index >= 15 is 0 Å². The second-order valence-corrected chi connectivity index (χ2v) is 6.92. The summed E-state index contributed by atoms with van der Waals surface area (Å²) in [6.45, 7) is 5.19. The molecule has 1 aliphatic rings. The van der Waals surface area contributed by atoms with E-state index in [0.29, 0.717) is 12.8 Å². The van der Waals surface area contributed by atoms with Gasteiger partial charge in [-0.25, -0.2) is 9.18 Å². The van der Waals surface area contributed by atoms with E-state index in [4.69, 9.17) is 4.74 Å². The molecule has 23 heavy (non-hydrogen) atoms. The minimum atomic E-state index is -1.16. The molecule has 1 fully saturated rings. The first-order valence-corrected chi connectivity index (χ1v) is 7.67. The van der Waals surface area contributed by atoms with E-state index in [1.54, 1.807) is 20.8 Å². The van der Waals surface area contributed by atoms with Crippen molar-refractivity contribution in [1.29, 1.82) is 0 Å². The van der Waals surface area contributed by atoms with Crippen molar-refractivity contribution in [1.82, 2.24) is 0 Å². The monoisotopic (exact) mass is 323 g/mol. The number of carbonyl (C=O) groups is 2. The van der Waals surface area contributed by atoms with Crippen molar-refractivity contribution in [3.8, 4) is 0 Å². The molecule has 1 aliphatic carbocycles. The number of carboxylic acid groups (broad SMARTS) is 1. The highest BCUT2D eigenvalue weighted by Gasteiger charge is 2.44. The summed E-state index contributed by atoms with van der Waals surface area (Å²) in [7, 11) is 0. The number of rotatable bonds is 3. The Hall–Kier alpha value is -2.11. The van der Waals surface area contributed by atoms with Gasteiger partial charge in [-0.05, 0) is 45.7 Å². The van der Waals surface area contributed by atoms with Crippen molar-refractivity contribution in [3.05, 3.63) is 29.6 Å².